The molecule has 18 heavy (non-hydrogen) atoms. The third-order valence-electron chi connectivity index (χ3n) is 2.21. The van der Waals surface area contributed by atoms with Gasteiger partial charge in [0.15, 0.2) is 11.6 Å². The summed E-state index contributed by atoms with van der Waals surface area (Å²) in [6.45, 7) is 0.883. The third-order valence-corrected chi connectivity index (χ3v) is 2.42. The molecule has 1 N–H and O–H groups in total. The second kappa shape index (κ2) is 6.21. The van der Waals surface area contributed by atoms with E-state index in [4.69, 9.17) is 16.3 Å². The minimum Gasteiger partial charge on any atom is -0.492 e. The predicted molar refractivity (Wildman–Crippen MR) is 69.6 cm³/mol. The van der Waals surface area contributed by atoms with Crippen molar-refractivity contribution in [1.29, 1.82) is 0 Å². The molecule has 94 valence electrons. The topological polar surface area (TPSA) is 34.2 Å². The smallest absolute Gasteiger partial charge is 0.166 e. The molecule has 0 saturated carbocycles. The van der Waals surface area contributed by atoms with Crippen molar-refractivity contribution in [2.45, 2.75) is 0 Å². The zero-order valence-electron chi connectivity index (χ0n) is 9.57. The van der Waals surface area contributed by atoms with Crippen molar-refractivity contribution in [2.75, 3.05) is 18.5 Å². The first kappa shape index (κ1) is 12.6. The molecule has 1 aromatic heterocycles. The van der Waals surface area contributed by atoms with Gasteiger partial charge >= 0.3 is 0 Å². The Hall–Kier alpha value is -1.81. The highest BCUT2D eigenvalue weighted by Crippen LogP contribution is 2.15. The summed E-state index contributed by atoms with van der Waals surface area (Å²) in [6, 6.07) is 10.6. The van der Waals surface area contributed by atoms with Crippen LogP contribution in [0.2, 0.25) is 5.02 Å². The van der Waals surface area contributed by atoms with Gasteiger partial charge in [0.1, 0.15) is 12.4 Å². The molecule has 1 aromatic carbocycles. The van der Waals surface area contributed by atoms with Gasteiger partial charge in [-0.05, 0) is 18.2 Å². The fourth-order valence-electron chi connectivity index (χ4n) is 1.40. The Kier molecular flexibility index (Phi) is 4.36. The Balaban J connectivity index is 1.79. The van der Waals surface area contributed by atoms with Crippen LogP contribution in [0.15, 0.2) is 42.6 Å². The lowest BCUT2D eigenvalue weighted by atomic mass is 10.3. The molecule has 3 nitrogen and oxygen atoms in total. The van der Waals surface area contributed by atoms with Crippen LogP contribution < -0.4 is 10.1 Å². The van der Waals surface area contributed by atoms with Gasteiger partial charge in [-0.1, -0.05) is 29.8 Å². The lowest BCUT2D eigenvalue weighted by Gasteiger charge is -2.08. The normalized spacial score (nSPS) is 10.1. The SMILES string of the molecule is Fc1cc(Cl)cnc1NCCOc1ccccc1. The van der Waals surface area contributed by atoms with Crippen LogP contribution in [0.5, 0.6) is 5.75 Å². The molecule has 0 amide bonds. The van der Waals surface area contributed by atoms with Crippen molar-refractivity contribution in [1.82, 2.24) is 4.98 Å². The molecule has 0 atom stereocenters. The molecule has 0 fully saturated rings. The molecule has 1 heterocycles. The summed E-state index contributed by atoms with van der Waals surface area (Å²) < 4.78 is 18.8. The van der Waals surface area contributed by atoms with Gasteiger partial charge < -0.3 is 10.1 Å². The lowest BCUT2D eigenvalue weighted by Crippen LogP contribution is -2.13. The first-order chi connectivity index (χ1) is 8.75. The van der Waals surface area contributed by atoms with Gasteiger partial charge in [-0.25, -0.2) is 9.37 Å². The second-order valence-electron chi connectivity index (χ2n) is 3.57. The van der Waals surface area contributed by atoms with Crippen molar-refractivity contribution in [2.24, 2.45) is 0 Å². The number of ether oxygens (including phenoxy) is 1. The monoisotopic (exact) mass is 266 g/mol. The molecule has 0 radical (unpaired) electrons. The molecule has 0 spiro atoms. The number of aromatic nitrogens is 1. The van der Waals surface area contributed by atoms with Crippen molar-refractivity contribution in [3.63, 3.8) is 0 Å². The molecule has 0 aliphatic carbocycles. The summed E-state index contributed by atoms with van der Waals surface area (Å²) in [4.78, 5) is 3.85. The van der Waals surface area contributed by atoms with Gasteiger partial charge in [0.25, 0.3) is 0 Å². The van der Waals surface area contributed by atoms with Gasteiger partial charge in [0, 0.05) is 6.20 Å². The summed E-state index contributed by atoms with van der Waals surface area (Å²) in [5.41, 5.74) is 0. The zero-order chi connectivity index (χ0) is 12.8. The Bertz CT molecular complexity index is 508. The summed E-state index contributed by atoms with van der Waals surface area (Å²) >= 11 is 5.60. The lowest BCUT2D eigenvalue weighted by molar-refractivity contribution is 0.332. The Labute approximate surface area is 110 Å². The Morgan fingerprint density at radius 3 is 2.78 bits per heavy atom. The van der Waals surface area contributed by atoms with Crippen molar-refractivity contribution < 1.29 is 9.13 Å². The average molecular weight is 267 g/mol. The van der Waals surface area contributed by atoms with E-state index < -0.39 is 5.82 Å². The summed E-state index contributed by atoms with van der Waals surface area (Å²) in [5, 5.41) is 3.12. The molecule has 2 aromatic rings. The molecule has 5 heteroatoms. The first-order valence-electron chi connectivity index (χ1n) is 5.48. The van der Waals surface area contributed by atoms with Gasteiger partial charge in [-0.15, -0.1) is 0 Å². The number of para-hydroxylation sites is 1. The molecule has 0 aliphatic heterocycles. The Morgan fingerprint density at radius 2 is 2.06 bits per heavy atom. The number of rotatable bonds is 5. The van der Waals surface area contributed by atoms with E-state index in [0.29, 0.717) is 13.2 Å². The maximum absolute atomic E-state index is 13.4. The van der Waals surface area contributed by atoms with Gasteiger partial charge in [0.05, 0.1) is 11.6 Å². The van der Waals surface area contributed by atoms with Gasteiger partial charge in [0.2, 0.25) is 0 Å². The van der Waals surface area contributed by atoms with E-state index in [1.165, 1.54) is 12.3 Å². The molecular formula is C13H12ClFN2O. The second-order valence-corrected chi connectivity index (χ2v) is 4.01. The van der Waals surface area contributed by atoms with Crippen LogP contribution in [-0.2, 0) is 0 Å². The van der Waals surface area contributed by atoms with Gasteiger partial charge in [-0.3, -0.25) is 0 Å². The molecule has 0 bridgehead atoms. The maximum atomic E-state index is 13.4. The number of hydrogen-bond acceptors (Lipinski definition) is 3. The quantitative estimate of drug-likeness (QED) is 0.843. The minimum atomic E-state index is -0.470. The fraction of sp³-hybridized carbons (Fsp3) is 0.154. The van der Waals surface area contributed by atoms with Crippen LogP contribution in [-0.4, -0.2) is 18.1 Å². The van der Waals surface area contributed by atoms with Crippen molar-refractivity contribution in [3.05, 3.63) is 53.4 Å². The Morgan fingerprint density at radius 1 is 1.28 bits per heavy atom. The van der Waals surface area contributed by atoms with Gasteiger partial charge in [-0.2, -0.15) is 0 Å². The van der Waals surface area contributed by atoms with E-state index >= 15 is 0 Å². The number of nitrogens with zero attached hydrogens (tertiary/aromatic N) is 1. The summed E-state index contributed by atoms with van der Waals surface area (Å²) in [5.74, 6) is 0.488. The largest absolute Gasteiger partial charge is 0.492 e. The van der Waals surface area contributed by atoms with E-state index in [0.717, 1.165) is 5.75 Å². The highest BCUT2D eigenvalue weighted by atomic mass is 35.5. The van der Waals surface area contributed by atoms with Crippen LogP contribution in [0.25, 0.3) is 0 Å². The highest BCUT2D eigenvalue weighted by Gasteiger charge is 2.03. The minimum absolute atomic E-state index is 0.177. The van der Waals surface area contributed by atoms with E-state index in [-0.39, 0.29) is 10.8 Å². The number of benzene rings is 1. The average Bonchev–Trinajstić information content (AvgIpc) is 2.38. The predicted octanol–water partition coefficient (Wildman–Crippen LogP) is 3.37. The molecule has 0 saturated heterocycles. The number of halogens is 2. The van der Waals surface area contributed by atoms with Crippen molar-refractivity contribution in [3.8, 4) is 5.75 Å². The summed E-state index contributed by atoms with van der Waals surface area (Å²) in [6.07, 6.45) is 1.39. The molecule has 0 unspecified atom stereocenters. The van der Waals surface area contributed by atoms with E-state index in [1.54, 1.807) is 0 Å². The van der Waals surface area contributed by atoms with Crippen molar-refractivity contribution >= 4 is 17.4 Å². The first-order valence-corrected chi connectivity index (χ1v) is 5.86. The molecular weight excluding hydrogens is 255 g/mol. The molecule has 2 rings (SSSR count). The van der Waals surface area contributed by atoms with E-state index in [1.807, 2.05) is 30.3 Å². The van der Waals surface area contributed by atoms with Crippen LogP contribution in [0.4, 0.5) is 10.2 Å². The van der Waals surface area contributed by atoms with Crippen LogP contribution in [0.1, 0.15) is 0 Å². The number of hydrogen-bond donors (Lipinski definition) is 1. The van der Waals surface area contributed by atoms with E-state index in [2.05, 4.69) is 10.3 Å². The highest BCUT2D eigenvalue weighted by molar-refractivity contribution is 6.30. The third kappa shape index (κ3) is 3.60. The van der Waals surface area contributed by atoms with Crippen LogP contribution in [0, 0.1) is 5.82 Å². The van der Waals surface area contributed by atoms with Crippen LogP contribution in [0.3, 0.4) is 0 Å². The van der Waals surface area contributed by atoms with Crippen LogP contribution >= 0.6 is 11.6 Å². The fourth-order valence-corrected chi connectivity index (χ4v) is 1.54. The van der Waals surface area contributed by atoms with E-state index in [9.17, 15) is 4.39 Å². The number of pyridine rings is 1. The molecule has 0 aliphatic rings. The summed E-state index contributed by atoms with van der Waals surface area (Å²) in [7, 11) is 0. The standard InChI is InChI=1S/C13H12ClFN2O/c14-10-8-12(15)13(17-9-10)16-6-7-18-11-4-2-1-3-5-11/h1-5,8-9H,6-7H2,(H,16,17). The zero-order valence-corrected chi connectivity index (χ0v) is 10.3. The number of anilines is 1. The maximum Gasteiger partial charge on any atom is 0.166 e. The number of nitrogens with one attached hydrogen (secondary N) is 1.